The highest BCUT2D eigenvalue weighted by atomic mass is 35.5. The number of anilines is 1. The first-order valence-corrected chi connectivity index (χ1v) is 6.70. The molecule has 3 rings (SSSR count). The average Bonchev–Trinajstić information content (AvgIpc) is 3.07. The van der Waals surface area contributed by atoms with E-state index in [1.54, 1.807) is 12.1 Å². The number of fused-ring (bicyclic) bond motifs is 1. The molecule has 0 aliphatic carbocycles. The van der Waals surface area contributed by atoms with Crippen LogP contribution in [0.4, 0.5) is 5.69 Å². The minimum atomic E-state index is -1.06. The molecule has 2 atom stereocenters. The highest BCUT2D eigenvalue weighted by Gasteiger charge is 2.35. The lowest BCUT2D eigenvalue weighted by Crippen LogP contribution is -2.30. The van der Waals surface area contributed by atoms with Crippen LogP contribution in [0.15, 0.2) is 12.1 Å². The number of rotatable bonds is 3. The van der Waals surface area contributed by atoms with E-state index < -0.39 is 24.1 Å². The Kier molecular flexibility index (Phi) is 3.60. The zero-order chi connectivity index (χ0) is 15.0. The van der Waals surface area contributed by atoms with Gasteiger partial charge in [-0.05, 0) is 12.8 Å². The SMILES string of the molecule is O=C(O)C1CCC(C(=O)Nc2cc3c(cc2Cl)OCO3)O1. The number of halogens is 1. The van der Waals surface area contributed by atoms with Crippen molar-refractivity contribution in [1.29, 1.82) is 0 Å². The number of carboxylic acids is 1. The Morgan fingerprint density at radius 2 is 1.86 bits per heavy atom. The second-order valence-corrected chi connectivity index (χ2v) is 5.11. The fourth-order valence-corrected chi connectivity index (χ4v) is 2.44. The number of hydrogen-bond acceptors (Lipinski definition) is 5. The van der Waals surface area contributed by atoms with Crippen molar-refractivity contribution in [2.24, 2.45) is 0 Å². The van der Waals surface area contributed by atoms with Crippen molar-refractivity contribution in [2.75, 3.05) is 12.1 Å². The molecule has 1 aromatic rings. The van der Waals surface area contributed by atoms with E-state index in [2.05, 4.69) is 5.32 Å². The molecule has 0 spiro atoms. The molecule has 1 saturated heterocycles. The van der Waals surface area contributed by atoms with Crippen molar-refractivity contribution in [1.82, 2.24) is 0 Å². The summed E-state index contributed by atoms with van der Waals surface area (Å²) < 4.78 is 15.6. The molecule has 0 aromatic heterocycles. The first kappa shape index (κ1) is 14.0. The first-order chi connectivity index (χ1) is 10.0. The third-order valence-corrected chi connectivity index (χ3v) is 3.62. The van der Waals surface area contributed by atoms with Gasteiger partial charge in [-0.1, -0.05) is 11.6 Å². The molecule has 1 fully saturated rings. The Bertz CT molecular complexity index is 605. The number of carboxylic acid groups (broad SMARTS) is 1. The van der Waals surface area contributed by atoms with E-state index in [9.17, 15) is 9.59 Å². The van der Waals surface area contributed by atoms with Crippen LogP contribution >= 0.6 is 11.6 Å². The van der Waals surface area contributed by atoms with Crippen molar-refractivity contribution in [3.63, 3.8) is 0 Å². The number of nitrogens with one attached hydrogen (secondary N) is 1. The van der Waals surface area contributed by atoms with Gasteiger partial charge in [0, 0.05) is 12.1 Å². The molecule has 7 nitrogen and oxygen atoms in total. The molecule has 1 aromatic carbocycles. The van der Waals surface area contributed by atoms with Crippen molar-refractivity contribution in [3.8, 4) is 11.5 Å². The summed E-state index contributed by atoms with van der Waals surface area (Å²) in [5, 5.41) is 11.8. The number of carbonyl (C=O) groups is 2. The number of benzene rings is 1. The van der Waals surface area contributed by atoms with Crippen LogP contribution in [0.1, 0.15) is 12.8 Å². The zero-order valence-corrected chi connectivity index (χ0v) is 11.6. The third-order valence-electron chi connectivity index (χ3n) is 3.31. The molecule has 1 amide bonds. The van der Waals surface area contributed by atoms with Gasteiger partial charge in [0.25, 0.3) is 5.91 Å². The van der Waals surface area contributed by atoms with E-state index in [1.807, 2.05) is 0 Å². The van der Waals surface area contributed by atoms with Crippen molar-refractivity contribution >= 4 is 29.2 Å². The number of aliphatic carboxylic acids is 1. The lowest BCUT2D eigenvalue weighted by molar-refractivity contribution is -0.150. The summed E-state index contributed by atoms with van der Waals surface area (Å²) in [6.07, 6.45) is -1.08. The average molecular weight is 314 g/mol. The predicted octanol–water partition coefficient (Wildman–Crippen LogP) is 1.64. The number of amides is 1. The summed E-state index contributed by atoms with van der Waals surface area (Å²) in [6, 6.07) is 3.11. The fourth-order valence-electron chi connectivity index (χ4n) is 2.24. The summed E-state index contributed by atoms with van der Waals surface area (Å²) in [5.41, 5.74) is 0.369. The van der Waals surface area contributed by atoms with Gasteiger partial charge < -0.3 is 24.6 Å². The maximum absolute atomic E-state index is 12.1. The molecule has 0 radical (unpaired) electrons. The van der Waals surface area contributed by atoms with Crippen LogP contribution in [0.5, 0.6) is 11.5 Å². The topological polar surface area (TPSA) is 94.1 Å². The molecule has 2 unspecified atom stereocenters. The van der Waals surface area contributed by atoms with E-state index in [-0.39, 0.29) is 6.79 Å². The minimum Gasteiger partial charge on any atom is -0.479 e. The van der Waals surface area contributed by atoms with Gasteiger partial charge in [-0.15, -0.1) is 0 Å². The van der Waals surface area contributed by atoms with Gasteiger partial charge in [0.1, 0.15) is 6.10 Å². The fraction of sp³-hybridized carbons (Fsp3) is 0.385. The van der Waals surface area contributed by atoms with E-state index in [1.165, 1.54) is 0 Å². The van der Waals surface area contributed by atoms with E-state index >= 15 is 0 Å². The van der Waals surface area contributed by atoms with Gasteiger partial charge in [-0.25, -0.2) is 4.79 Å². The summed E-state index contributed by atoms with van der Waals surface area (Å²) in [5.74, 6) is -0.488. The van der Waals surface area contributed by atoms with Gasteiger partial charge in [-0.3, -0.25) is 4.79 Å². The van der Waals surface area contributed by atoms with Crippen molar-refractivity contribution < 1.29 is 28.9 Å². The molecule has 2 N–H and O–H groups in total. The second kappa shape index (κ2) is 5.42. The van der Waals surface area contributed by atoms with Crippen LogP contribution in [-0.2, 0) is 14.3 Å². The van der Waals surface area contributed by atoms with Gasteiger partial charge in [0.15, 0.2) is 17.6 Å². The summed E-state index contributed by atoms with van der Waals surface area (Å²) in [4.78, 5) is 22.9. The zero-order valence-electron chi connectivity index (χ0n) is 10.8. The molecular formula is C13H12ClNO6. The Morgan fingerprint density at radius 1 is 1.19 bits per heavy atom. The maximum Gasteiger partial charge on any atom is 0.332 e. The molecule has 21 heavy (non-hydrogen) atoms. The molecule has 2 aliphatic heterocycles. The molecule has 0 bridgehead atoms. The minimum absolute atomic E-state index is 0.106. The molecule has 0 saturated carbocycles. The largest absolute Gasteiger partial charge is 0.479 e. The lowest BCUT2D eigenvalue weighted by atomic mass is 10.2. The molecule has 8 heteroatoms. The molecular weight excluding hydrogens is 302 g/mol. The van der Waals surface area contributed by atoms with Crippen LogP contribution in [0.25, 0.3) is 0 Å². The highest BCUT2D eigenvalue weighted by molar-refractivity contribution is 6.34. The molecule has 2 heterocycles. The monoisotopic (exact) mass is 313 g/mol. The highest BCUT2D eigenvalue weighted by Crippen LogP contribution is 2.39. The van der Waals surface area contributed by atoms with Crippen LogP contribution in [-0.4, -0.2) is 36.0 Å². The summed E-state index contributed by atoms with van der Waals surface area (Å²) in [6.45, 7) is 0.106. The summed E-state index contributed by atoms with van der Waals surface area (Å²) in [7, 11) is 0. The van der Waals surface area contributed by atoms with Crippen LogP contribution in [0.3, 0.4) is 0 Å². The van der Waals surface area contributed by atoms with Crippen LogP contribution in [0, 0.1) is 0 Å². The third kappa shape index (κ3) is 2.74. The standard InChI is InChI=1S/C13H12ClNO6/c14-6-3-10-11(20-5-19-10)4-7(6)15-12(16)8-1-2-9(21-8)13(17)18/h3-4,8-9H,1-2,5H2,(H,15,16)(H,17,18). The molecule has 2 aliphatic rings. The quantitative estimate of drug-likeness (QED) is 0.881. The number of carbonyl (C=O) groups excluding carboxylic acids is 1. The lowest BCUT2D eigenvalue weighted by Gasteiger charge is -2.13. The summed E-state index contributed by atoms with van der Waals surface area (Å²) >= 11 is 6.05. The Balaban J connectivity index is 1.70. The van der Waals surface area contributed by atoms with Gasteiger partial charge in [-0.2, -0.15) is 0 Å². The van der Waals surface area contributed by atoms with Crippen molar-refractivity contribution in [3.05, 3.63) is 17.2 Å². The predicted molar refractivity (Wildman–Crippen MR) is 71.7 cm³/mol. The number of hydrogen-bond donors (Lipinski definition) is 2. The van der Waals surface area contributed by atoms with Crippen LogP contribution in [0.2, 0.25) is 5.02 Å². The first-order valence-electron chi connectivity index (χ1n) is 6.33. The van der Waals surface area contributed by atoms with Crippen molar-refractivity contribution in [2.45, 2.75) is 25.0 Å². The Hall–Kier alpha value is -1.99. The maximum atomic E-state index is 12.1. The van der Waals surface area contributed by atoms with Gasteiger partial charge in [0.2, 0.25) is 6.79 Å². The Morgan fingerprint density at radius 3 is 2.52 bits per heavy atom. The second-order valence-electron chi connectivity index (χ2n) is 4.70. The smallest absolute Gasteiger partial charge is 0.332 e. The van der Waals surface area contributed by atoms with E-state index in [4.69, 9.17) is 30.9 Å². The normalized spacial score (nSPS) is 23.1. The molecule has 112 valence electrons. The Labute approximate surface area is 124 Å². The number of ether oxygens (including phenoxy) is 3. The van der Waals surface area contributed by atoms with E-state index in [0.29, 0.717) is 35.1 Å². The van der Waals surface area contributed by atoms with Gasteiger partial charge >= 0.3 is 5.97 Å². The van der Waals surface area contributed by atoms with E-state index in [0.717, 1.165) is 0 Å². The van der Waals surface area contributed by atoms with Crippen LogP contribution < -0.4 is 14.8 Å². The van der Waals surface area contributed by atoms with Gasteiger partial charge in [0.05, 0.1) is 10.7 Å².